The molecule has 0 unspecified atom stereocenters. The van der Waals surface area contributed by atoms with Crippen LogP contribution in [0.3, 0.4) is 0 Å². The largest absolute Gasteiger partial charge is 0.334 e. The molecule has 7 heteroatoms. The van der Waals surface area contributed by atoms with E-state index in [1.54, 1.807) is 29.2 Å². The number of carbonyl (C=O) groups excluding carboxylic acids is 1. The molecular weight excluding hydrogens is 312 g/mol. The third kappa shape index (κ3) is 4.69. The molecule has 1 aliphatic rings. The average Bonchev–Trinajstić information content (AvgIpc) is 2.45. The lowest BCUT2D eigenvalue weighted by Crippen LogP contribution is -2.49. The molecule has 1 fully saturated rings. The summed E-state index contributed by atoms with van der Waals surface area (Å²) in [7, 11) is -3.25. The van der Waals surface area contributed by atoms with Crippen molar-refractivity contribution in [3.05, 3.63) is 34.9 Å². The van der Waals surface area contributed by atoms with Gasteiger partial charge in [0.25, 0.3) is 5.91 Å². The Hall–Kier alpha value is -1.11. The quantitative estimate of drug-likeness (QED) is 0.916. The predicted octanol–water partition coefficient (Wildman–Crippen LogP) is 1.88. The molecule has 116 valence electrons. The highest BCUT2D eigenvalue weighted by molar-refractivity contribution is 7.88. The normalized spacial score (nSPS) is 19.5. The molecular formula is C14H19ClN2O3S. The van der Waals surface area contributed by atoms with Crippen LogP contribution in [0.4, 0.5) is 0 Å². The first-order chi connectivity index (χ1) is 9.87. The van der Waals surface area contributed by atoms with Gasteiger partial charge in [-0.3, -0.25) is 4.79 Å². The Morgan fingerprint density at radius 2 is 2.00 bits per heavy atom. The highest BCUT2D eigenvalue weighted by Gasteiger charge is 2.27. The molecule has 1 aromatic rings. The molecule has 2 rings (SSSR count). The molecule has 0 bridgehead atoms. The fourth-order valence-electron chi connectivity index (χ4n) is 2.49. The van der Waals surface area contributed by atoms with Crippen molar-refractivity contribution >= 4 is 27.5 Å². The van der Waals surface area contributed by atoms with Crippen molar-refractivity contribution in [2.75, 3.05) is 19.3 Å². The van der Waals surface area contributed by atoms with E-state index in [1.165, 1.54) is 0 Å². The summed E-state index contributed by atoms with van der Waals surface area (Å²) < 4.78 is 25.0. The van der Waals surface area contributed by atoms with Gasteiger partial charge in [-0.05, 0) is 43.5 Å². The smallest absolute Gasteiger partial charge is 0.254 e. The zero-order valence-electron chi connectivity index (χ0n) is 11.9. The van der Waals surface area contributed by atoms with Crippen LogP contribution in [0, 0.1) is 0 Å². The van der Waals surface area contributed by atoms with Gasteiger partial charge in [-0.15, -0.1) is 0 Å². The van der Waals surface area contributed by atoms with Crippen LogP contribution in [-0.4, -0.2) is 44.6 Å². The molecule has 0 spiro atoms. The van der Waals surface area contributed by atoms with Gasteiger partial charge in [0.05, 0.1) is 6.26 Å². The molecule has 1 saturated heterocycles. The molecule has 0 aliphatic carbocycles. The maximum atomic E-state index is 12.6. The Balaban J connectivity index is 2.10. The molecule has 0 aromatic heterocycles. The van der Waals surface area contributed by atoms with Gasteiger partial charge in [0.1, 0.15) is 0 Å². The highest BCUT2D eigenvalue weighted by atomic mass is 35.5. The molecule has 1 amide bonds. The fourth-order valence-corrected chi connectivity index (χ4v) is 3.11. The number of carbonyl (C=O) groups is 1. The number of hydrogen-bond donors (Lipinski definition) is 1. The van der Waals surface area contributed by atoms with Crippen LogP contribution in [0.1, 0.15) is 29.6 Å². The summed E-state index contributed by atoms with van der Waals surface area (Å²) in [6.07, 6.45) is 3.87. The first-order valence-electron chi connectivity index (χ1n) is 6.88. The zero-order valence-corrected chi connectivity index (χ0v) is 13.5. The summed E-state index contributed by atoms with van der Waals surface area (Å²) in [5.74, 6) is -0.0772. The number of rotatable bonds is 4. The molecule has 0 radical (unpaired) electrons. The molecule has 1 aromatic carbocycles. The Kier molecular flexibility index (Phi) is 5.24. The van der Waals surface area contributed by atoms with Crippen molar-refractivity contribution in [2.24, 2.45) is 0 Å². The third-order valence-electron chi connectivity index (χ3n) is 3.56. The van der Waals surface area contributed by atoms with Gasteiger partial charge >= 0.3 is 0 Å². The van der Waals surface area contributed by atoms with Crippen molar-refractivity contribution in [1.82, 2.24) is 9.62 Å². The molecule has 1 atom stereocenters. The van der Waals surface area contributed by atoms with E-state index < -0.39 is 10.0 Å². The standard InChI is InChI=1S/C14H19ClN2O3S/c1-21(19,20)16-10-13-4-2-3-9-17(13)14(18)11-5-7-12(15)8-6-11/h5-8,13,16H,2-4,9-10H2,1H3/t13-/m1/s1. The van der Waals surface area contributed by atoms with E-state index in [-0.39, 0.29) is 18.5 Å². The molecule has 21 heavy (non-hydrogen) atoms. The number of likely N-dealkylation sites (tertiary alicyclic amines) is 1. The minimum atomic E-state index is -3.25. The van der Waals surface area contributed by atoms with E-state index in [0.29, 0.717) is 17.1 Å². The first kappa shape index (κ1) is 16.3. The second-order valence-electron chi connectivity index (χ2n) is 5.28. The maximum absolute atomic E-state index is 12.6. The number of nitrogens with one attached hydrogen (secondary N) is 1. The van der Waals surface area contributed by atoms with Gasteiger partial charge in [0.2, 0.25) is 10.0 Å². The Morgan fingerprint density at radius 3 is 2.62 bits per heavy atom. The molecule has 5 nitrogen and oxygen atoms in total. The molecule has 1 heterocycles. The summed E-state index contributed by atoms with van der Waals surface area (Å²) in [6, 6.07) is 6.66. The topological polar surface area (TPSA) is 66.5 Å². The third-order valence-corrected chi connectivity index (χ3v) is 4.50. The molecule has 1 aliphatic heterocycles. The first-order valence-corrected chi connectivity index (χ1v) is 9.15. The maximum Gasteiger partial charge on any atom is 0.254 e. The van der Waals surface area contributed by atoms with Gasteiger partial charge in [-0.25, -0.2) is 13.1 Å². The van der Waals surface area contributed by atoms with E-state index >= 15 is 0 Å². The lowest BCUT2D eigenvalue weighted by atomic mass is 10.0. The van der Waals surface area contributed by atoms with Crippen molar-refractivity contribution < 1.29 is 13.2 Å². The van der Waals surface area contributed by atoms with Gasteiger partial charge in [-0.2, -0.15) is 0 Å². The van der Waals surface area contributed by atoms with Crippen molar-refractivity contribution in [1.29, 1.82) is 0 Å². The van der Waals surface area contributed by atoms with Crippen LogP contribution in [0.25, 0.3) is 0 Å². The number of sulfonamides is 1. The van der Waals surface area contributed by atoms with Crippen LogP contribution in [-0.2, 0) is 10.0 Å². The number of nitrogens with zero attached hydrogens (tertiary/aromatic N) is 1. The second kappa shape index (κ2) is 6.77. The van der Waals surface area contributed by atoms with E-state index in [0.717, 1.165) is 25.5 Å². The minimum absolute atomic E-state index is 0.0772. The van der Waals surface area contributed by atoms with Crippen LogP contribution in [0.2, 0.25) is 5.02 Å². The summed E-state index contributed by atoms with van der Waals surface area (Å²) in [5.41, 5.74) is 0.575. The number of benzene rings is 1. The summed E-state index contributed by atoms with van der Waals surface area (Å²) >= 11 is 5.83. The van der Waals surface area contributed by atoms with Gasteiger partial charge in [-0.1, -0.05) is 11.6 Å². The van der Waals surface area contributed by atoms with Gasteiger partial charge < -0.3 is 4.90 Å². The SMILES string of the molecule is CS(=O)(=O)NC[C@H]1CCCCN1C(=O)c1ccc(Cl)cc1. The molecule has 0 saturated carbocycles. The Morgan fingerprint density at radius 1 is 1.33 bits per heavy atom. The van der Waals surface area contributed by atoms with Crippen LogP contribution in [0.15, 0.2) is 24.3 Å². The van der Waals surface area contributed by atoms with Gasteiger partial charge in [0.15, 0.2) is 0 Å². The van der Waals surface area contributed by atoms with Crippen molar-refractivity contribution in [3.63, 3.8) is 0 Å². The number of hydrogen-bond acceptors (Lipinski definition) is 3. The lowest BCUT2D eigenvalue weighted by molar-refractivity contribution is 0.0619. The van der Waals surface area contributed by atoms with E-state index in [4.69, 9.17) is 11.6 Å². The van der Waals surface area contributed by atoms with E-state index in [9.17, 15) is 13.2 Å². The predicted molar refractivity (Wildman–Crippen MR) is 83.0 cm³/mol. The van der Waals surface area contributed by atoms with Crippen LogP contribution >= 0.6 is 11.6 Å². The van der Waals surface area contributed by atoms with Crippen molar-refractivity contribution in [3.8, 4) is 0 Å². The van der Waals surface area contributed by atoms with Crippen molar-refractivity contribution in [2.45, 2.75) is 25.3 Å². The Bertz CT molecular complexity index is 601. The van der Waals surface area contributed by atoms with Crippen LogP contribution < -0.4 is 4.72 Å². The zero-order chi connectivity index (χ0) is 15.5. The summed E-state index contributed by atoms with van der Waals surface area (Å²) in [4.78, 5) is 14.3. The number of halogens is 1. The number of piperidine rings is 1. The monoisotopic (exact) mass is 330 g/mol. The fraction of sp³-hybridized carbons (Fsp3) is 0.500. The Labute approximate surface area is 130 Å². The summed E-state index contributed by atoms with van der Waals surface area (Å²) in [5, 5.41) is 0.584. The summed E-state index contributed by atoms with van der Waals surface area (Å²) in [6.45, 7) is 0.912. The minimum Gasteiger partial charge on any atom is -0.334 e. The molecule has 1 N–H and O–H groups in total. The lowest BCUT2D eigenvalue weighted by Gasteiger charge is -2.35. The second-order valence-corrected chi connectivity index (χ2v) is 7.55. The highest BCUT2D eigenvalue weighted by Crippen LogP contribution is 2.20. The average molecular weight is 331 g/mol. The van der Waals surface area contributed by atoms with E-state index in [2.05, 4.69) is 4.72 Å². The van der Waals surface area contributed by atoms with Gasteiger partial charge in [0, 0.05) is 29.7 Å². The van der Waals surface area contributed by atoms with E-state index in [1.807, 2.05) is 0 Å². The number of amides is 1. The van der Waals surface area contributed by atoms with Crippen LogP contribution in [0.5, 0.6) is 0 Å².